The van der Waals surface area contributed by atoms with Gasteiger partial charge in [0.2, 0.25) is 0 Å². The molecular formula is C14H14Cl3NO. The summed E-state index contributed by atoms with van der Waals surface area (Å²) in [5, 5.41) is 4.37. The molecule has 19 heavy (non-hydrogen) atoms. The molecule has 0 atom stereocenters. The van der Waals surface area contributed by atoms with Crippen molar-refractivity contribution >= 4 is 35.6 Å². The first-order valence-electron chi connectivity index (χ1n) is 5.56. The van der Waals surface area contributed by atoms with Crippen molar-refractivity contribution in [1.29, 1.82) is 0 Å². The molecule has 0 fully saturated rings. The van der Waals surface area contributed by atoms with E-state index in [9.17, 15) is 0 Å². The molecule has 0 aliphatic rings. The highest BCUT2D eigenvalue weighted by molar-refractivity contribution is 6.35. The zero-order chi connectivity index (χ0) is 13.0. The first kappa shape index (κ1) is 16.1. The summed E-state index contributed by atoms with van der Waals surface area (Å²) in [6.07, 6.45) is 1.81. The number of furan rings is 1. The Bertz CT molecular complexity index is 531. The molecule has 0 spiro atoms. The first-order chi connectivity index (χ1) is 8.69. The van der Waals surface area contributed by atoms with Crippen LogP contribution in [-0.4, -0.2) is 6.54 Å². The van der Waals surface area contributed by atoms with Crippen LogP contribution in [0, 0.1) is 0 Å². The van der Waals surface area contributed by atoms with Crippen LogP contribution < -0.4 is 5.32 Å². The molecule has 1 aromatic carbocycles. The number of halogens is 3. The number of nitrogens with one attached hydrogen (secondary N) is 1. The Morgan fingerprint density at radius 1 is 1.16 bits per heavy atom. The number of hydrogen-bond acceptors (Lipinski definition) is 2. The van der Waals surface area contributed by atoms with E-state index < -0.39 is 0 Å². The molecule has 1 heterocycles. The Morgan fingerprint density at radius 2 is 1.84 bits per heavy atom. The summed E-state index contributed by atoms with van der Waals surface area (Å²) in [5.74, 6) is 1.62. The van der Waals surface area contributed by atoms with Gasteiger partial charge in [0.1, 0.15) is 11.5 Å². The van der Waals surface area contributed by atoms with Crippen molar-refractivity contribution in [3.05, 3.63) is 58.8 Å². The van der Waals surface area contributed by atoms with Crippen LogP contribution in [-0.2, 0) is 6.54 Å². The largest absolute Gasteiger partial charge is 0.460 e. The average molecular weight is 319 g/mol. The Balaban J connectivity index is 0.00000180. The highest BCUT2D eigenvalue weighted by Gasteiger charge is 2.06. The topological polar surface area (TPSA) is 25.2 Å². The highest BCUT2D eigenvalue weighted by Crippen LogP contribution is 2.28. The third-order valence-electron chi connectivity index (χ3n) is 2.40. The standard InChI is InChI=1S/C14H13Cl2NO.ClH/c1-2-5-17-9-13-3-4-14(18-13)10-6-11(15)8-12(16)7-10;/h2-4,6-8,17H,1,5,9H2;1H. The number of rotatable bonds is 5. The molecule has 1 aromatic heterocycles. The smallest absolute Gasteiger partial charge is 0.134 e. The molecule has 0 aliphatic carbocycles. The maximum Gasteiger partial charge on any atom is 0.134 e. The summed E-state index contributed by atoms with van der Waals surface area (Å²) in [6.45, 7) is 5.06. The van der Waals surface area contributed by atoms with Crippen LogP contribution in [0.1, 0.15) is 5.76 Å². The lowest BCUT2D eigenvalue weighted by molar-refractivity contribution is 0.502. The maximum atomic E-state index is 5.96. The molecule has 0 bridgehead atoms. The van der Waals surface area contributed by atoms with Gasteiger partial charge in [-0.3, -0.25) is 0 Å². The Kier molecular flexibility index (Phi) is 6.46. The van der Waals surface area contributed by atoms with Gasteiger partial charge >= 0.3 is 0 Å². The van der Waals surface area contributed by atoms with E-state index in [1.165, 1.54) is 0 Å². The Hall–Kier alpha value is -0.930. The van der Waals surface area contributed by atoms with Gasteiger partial charge in [0, 0.05) is 22.2 Å². The normalized spacial score (nSPS) is 10.0. The predicted molar refractivity (Wildman–Crippen MR) is 83.3 cm³/mol. The van der Waals surface area contributed by atoms with Crippen molar-refractivity contribution in [2.75, 3.05) is 6.54 Å². The fourth-order valence-corrected chi connectivity index (χ4v) is 2.15. The number of hydrogen-bond donors (Lipinski definition) is 1. The van der Waals surface area contributed by atoms with E-state index >= 15 is 0 Å². The van der Waals surface area contributed by atoms with Crippen LogP contribution in [0.3, 0.4) is 0 Å². The van der Waals surface area contributed by atoms with Crippen LogP contribution in [0.2, 0.25) is 10.0 Å². The molecule has 5 heteroatoms. The fraction of sp³-hybridized carbons (Fsp3) is 0.143. The van der Waals surface area contributed by atoms with E-state index in [0.717, 1.165) is 23.6 Å². The molecule has 0 saturated heterocycles. The van der Waals surface area contributed by atoms with E-state index in [1.54, 1.807) is 12.1 Å². The van der Waals surface area contributed by atoms with E-state index in [-0.39, 0.29) is 12.4 Å². The first-order valence-corrected chi connectivity index (χ1v) is 6.31. The molecule has 2 aromatic rings. The molecule has 0 amide bonds. The molecule has 1 N–H and O–H groups in total. The van der Waals surface area contributed by atoms with E-state index in [2.05, 4.69) is 11.9 Å². The van der Waals surface area contributed by atoms with Crippen LogP contribution in [0.4, 0.5) is 0 Å². The van der Waals surface area contributed by atoms with E-state index in [0.29, 0.717) is 16.6 Å². The van der Waals surface area contributed by atoms with Gasteiger partial charge < -0.3 is 9.73 Å². The lowest BCUT2D eigenvalue weighted by Gasteiger charge is -2.00. The molecule has 0 radical (unpaired) electrons. The second-order valence-corrected chi connectivity index (χ2v) is 4.72. The lowest BCUT2D eigenvalue weighted by atomic mass is 10.2. The lowest BCUT2D eigenvalue weighted by Crippen LogP contribution is -2.11. The zero-order valence-corrected chi connectivity index (χ0v) is 12.5. The van der Waals surface area contributed by atoms with Gasteiger partial charge in [0.25, 0.3) is 0 Å². The minimum atomic E-state index is 0. The third-order valence-corrected chi connectivity index (χ3v) is 2.83. The monoisotopic (exact) mass is 317 g/mol. The minimum Gasteiger partial charge on any atom is -0.460 e. The van der Waals surface area contributed by atoms with Gasteiger partial charge in [-0.1, -0.05) is 29.3 Å². The molecular weight excluding hydrogens is 305 g/mol. The van der Waals surface area contributed by atoms with Gasteiger partial charge in [-0.2, -0.15) is 0 Å². The second kappa shape index (κ2) is 7.61. The summed E-state index contributed by atoms with van der Waals surface area (Å²) < 4.78 is 5.71. The van der Waals surface area contributed by atoms with E-state index in [1.807, 2.05) is 24.3 Å². The average Bonchev–Trinajstić information content (AvgIpc) is 2.77. The van der Waals surface area contributed by atoms with Crippen molar-refractivity contribution in [3.63, 3.8) is 0 Å². The van der Waals surface area contributed by atoms with Gasteiger partial charge in [-0.15, -0.1) is 19.0 Å². The third kappa shape index (κ3) is 4.59. The van der Waals surface area contributed by atoms with Crippen LogP contribution in [0.5, 0.6) is 0 Å². The van der Waals surface area contributed by atoms with Crippen LogP contribution in [0.25, 0.3) is 11.3 Å². The van der Waals surface area contributed by atoms with Gasteiger partial charge in [0.15, 0.2) is 0 Å². The fourth-order valence-electron chi connectivity index (χ4n) is 1.62. The molecule has 2 rings (SSSR count). The van der Waals surface area contributed by atoms with Crippen molar-refractivity contribution in [2.45, 2.75) is 6.54 Å². The van der Waals surface area contributed by atoms with Crippen LogP contribution >= 0.6 is 35.6 Å². The Morgan fingerprint density at radius 3 is 2.47 bits per heavy atom. The van der Waals surface area contributed by atoms with Crippen molar-refractivity contribution in [2.24, 2.45) is 0 Å². The molecule has 0 saturated carbocycles. The second-order valence-electron chi connectivity index (χ2n) is 3.84. The molecule has 0 aliphatic heterocycles. The zero-order valence-electron chi connectivity index (χ0n) is 10.2. The quantitative estimate of drug-likeness (QED) is 0.623. The predicted octanol–water partition coefficient (Wildman–Crippen LogP) is 4.95. The van der Waals surface area contributed by atoms with Crippen molar-refractivity contribution in [1.82, 2.24) is 5.32 Å². The van der Waals surface area contributed by atoms with E-state index in [4.69, 9.17) is 27.6 Å². The molecule has 0 unspecified atom stereocenters. The number of benzene rings is 1. The summed E-state index contributed by atoms with van der Waals surface area (Å²) in [4.78, 5) is 0. The summed E-state index contributed by atoms with van der Waals surface area (Å²) in [5.41, 5.74) is 0.877. The van der Waals surface area contributed by atoms with Gasteiger partial charge in [-0.25, -0.2) is 0 Å². The van der Waals surface area contributed by atoms with Gasteiger partial charge in [-0.05, 0) is 30.3 Å². The van der Waals surface area contributed by atoms with Crippen molar-refractivity contribution < 1.29 is 4.42 Å². The summed E-state index contributed by atoms with van der Waals surface area (Å²) in [7, 11) is 0. The van der Waals surface area contributed by atoms with Crippen molar-refractivity contribution in [3.8, 4) is 11.3 Å². The maximum absolute atomic E-state index is 5.96. The molecule has 102 valence electrons. The molecule has 2 nitrogen and oxygen atoms in total. The van der Waals surface area contributed by atoms with Gasteiger partial charge in [0.05, 0.1) is 6.54 Å². The Labute approximate surface area is 128 Å². The SMILES string of the molecule is C=CCNCc1ccc(-c2cc(Cl)cc(Cl)c2)o1.Cl. The van der Waals surface area contributed by atoms with Crippen LogP contribution in [0.15, 0.2) is 47.4 Å². The highest BCUT2D eigenvalue weighted by atomic mass is 35.5. The summed E-state index contributed by atoms with van der Waals surface area (Å²) in [6, 6.07) is 9.19. The minimum absolute atomic E-state index is 0. The summed E-state index contributed by atoms with van der Waals surface area (Å²) >= 11 is 11.9.